The van der Waals surface area contributed by atoms with Crippen LogP contribution in [0.3, 0.4) is 0 Å². The van der Waals surface area contributed by atoms with E-state index >= 15 is 0 Å². The Hall–Kier alpha value is -0.460. The lowest BCUT2D eigenvalue weighted by molar-refractivity contribution is -0.349. The summed E-state index contributed by atoms with van der Waals surface area (Å²) in [7, 11) is 0. The molecule has 1 N–H and O–H groups in total. The maximum Gasteiger partial charge on any atom is 0.215 e. The fraction of sp³-hybridized carbons (Fsp3) is 0.867. The molecule has 1 spiro atoms. The van der Waals surface area contributed by atoms with Crippen LogP contribution in [0.4, 0.5) is 0 Å². The van der Waals surface area contributed by atoms with E-state index in [-0.39, 0.29) is 24.4 Å². The molecule has 0 aromatic carbocycles. The number of hydrogen-bond donors (Lipinski definition) is 1. The zero-order valence-corrected chi connectivity index (χ0v) is 11.6. The summed E-state index contributed by atoms with van der Waals surface area (Å²) in [4.78, 5) is 0. The van der Waals surface area contributed by atoms with E-state index < -0.39 is 11.9 Å². The molecule has 5 nitrogen and oxygen atoms in total. The van der Waals surface area contributed by atoms with Gasteiger partial charge in [-0.25, -0.2) is 0 Å². The van der Waals surface area contributed by atoms with Crippen molar-refractivity contribution in [2.24, 2.45) is 0 Å². The summed E-state index contributed by atoms with van der Waals surface area (Å²) in [5, 5.41) is 10.5. The normalized spacial score (nSPS) is 51.5. The van der Waals surface area contributed by atoms with E-state index in [1.807, 2.05) is 12.2 Å². The van der Waals surface area contributed by atoms with Crippen LogP contribution in [0.25, 0.3) is 0 Å². The first-order valence-corrected chi connectivity index (χ1v) is 7.73. The first-order valence-electron chi connectivity index (χ1n) is 7.73. The molecule has 112 valence electrons. The molecule has 5 heteroatoms. The average Bonchev–Trinajstić information content (AvgIpc) is 2.48. The van der Waals surface area contributed by atoms with Crippen LogP contribution in [-0.2, 0) is 18.9 Å². The van der Waals surface area contributed by atoms with Gasteiger partial charge in [-0.05, 0) is 31.8 Å². The Morgan fingerprint density at radius 1 is 0.950 bits per heavy atom. The van der Waals surface area contributed by atoms with Crippen molar-refractivity contribution >= 4 is 0 Å². The minimum Gasteiger partial charge on any atom is -0.387 e. The van der Waals surface area contributed by atoms with Crippen LogP contribution in [0, 0.1) is 0 Å². The first-order chi connectivity index (χ1) is 9.77. The highest BCUT2D eigenvalue weighted by molar-refractivity contribution is 5.13. The van der Waals surface area contributed by atoms with E-state index in [0.29, 0.717) is 6.42 Å². The van der Waals surface area contributed by atoms with Crippen LogP contribution in [0.15, 0.2) is 12.2 Å². The number of fused-ring (bicyclic) bond motifs is 2. The van der Waals surface area contributed by atoms with Crippen LogP contribution in [0.5, 0.6) is 0 Å². The number of ether oxygens (including phenoxy) is 4. The van der Waals surface area contributed by atoms with Crippen LogP contribution in [-0.4, -0.2) is 54.6 Å². The third-order valence-electron chi connectivity index (χ3n) is 4.80. The van der Waals surface area contributed by atoms with Crippen molar-refractivity contribution in [1.29, 1.82) is 0 Å². The van der Waals surface area contributed by atoms with Crippen molar-refractivity contribution in [2.45, 2.75) is 68.4 Å². The van der Waals surface area contributed by atoms with E-state index in [2.05, 4.69) is 0 Å². The summed E-state index contributed by atoms with van der Waals surface area (Å²) in [5.74, 6) is -0.996. The molecule has 20 heavy (non-hydrogen) atoms. The smallest absolute Gasteiger partial charge is 0.215 e. The molecule has 0 amide bonds. The highest BCUT2D eigenvalue weighted by Gasteiger charge is 2.52. The van der Waals surface area contributed by atoms with Crippen molar-refractivity contribution in [3.05, 3.63) is 12.2 Å². The molecule has 6 atom stereocenters. The highest BCUT2D eigenvalue weighted by atomic mass is 16.7. The summed E-state index contributed by atoms with van der Waals surface area (Å²) in [6.07, 6.45) is 7.71. The molecular formula is C15H22O5. The Bertz CT molecular complexity index is 398. The largest absolute Gasteiger partial charge is 0.387 e. The van der Waals surface area contributed by atoms with Crippen molar-refractivity contribution in [2.75, 3.05) is 13.2 Å². The van der Waals surface area contributed by atoms with E-state index in [4.69, 9.17) is 18.9 Å². The molecule has 0 bridgehead atoms. The molecule has 3 saturated heterocycles. The van der Waals surface area contributed by atoms with E-state index in [9.17, 15) is 5.11 Å². The third-order valence-corrected chi connectivity index (χ3v) is 4.80. The molecule has 4 heterocycles. The van der Waals surface area contributed by atoms with Gasteiger partial charge in [-0.1, -0.05) is 6.08 Å². The van der Waals surface area contributed by atoms with Gasteiger partial charge in [0, 0.05) is 19.6 Å². The van der Waals surface area contributed by atoms with Crippen LogP contribution in [0.2, 0.25) is 0 Å². The summed E-state index contributed by atoms with van der Waals surface area (Å²) in [6.45, 7) is 1.54. The molecule has 0 saturated carbocycles. The maximum atomic E-state index is 10.5. The van der Waals surface area contributed by atoms with Gasteiger partial charge < -0.3 is 24.1 Å². The van der Waals surface area contributed by atoms with Gasteiger partial charge in [0.05, 0.1) is 18.3 Å². The van der Waals surface area contributed by atoms with E-state index in [1.54, 1.807) is 0 Å². The monoisotopic (exact) mass is 282 g/mol. The zero-order chi connectivity index (χ0) is 13.6. The van der Waals surface area contributed by atoms with Crippen LogP contribution < -0.4 is 0 Å². The van der Waals surface area contributed by atoms with Crippen molar-refractivity contribution in [3.8, 4) is 0 Å². The van der Waals surface area contributed by atoms with Crippen molar-refractivity contribution < 1.29 is 24.1 Å². The molecule has 0 aromatic heterocycles. The lowest BCUT2D eigenvalue weighted by Crippen LogP contribution is -2.62. The summed E-state index contributed by atoms with van der Waals surface area (Å²) >= 11 is 0. The van der Waals surface area contributed by atoms with Gasteiger partial charge in [0.15, 0.2) is 0 Å². The van der Waals surface area contributed by atoms with E-state index in [1.165, 1.54) is 0 Å². The van der Waals surface area contributed by atoms with Gasteiger partial charge in [-0.2, -0.15) is 0 Å². The standard InChI is InChI=1S/C15H22O5/c16-14-9-13-12(4-2-8-18-13)20-15(14)6-5-10-11(19-15)3-1-7-17-10/h5-6,10-14,16H,1-4,7-9H2/t10-,11+,12-,13+,14-,15-/m0/s1. The summed E-state index contributed by atoms with van der Waals surface area (Å²) < 4.78 is 23.7. The molecule has 4 rings (SSSR count). The van der Waals surface area contributed by atoms with Crippen LogP contribution in [0.1, 0.15) is 32.1 Å². The second-order valence-electron chi connectivity index (χ2n) is 6.17. The Kier molecular flexibility index (Phi) is 3.35. The van der Waals surface area contributed by atoms with Gasteiger partial charge in [0.1, 0.15) is 12.2 Å². The predicted octanol–water partition coefficient (Wildman–Crippen LogP) is 1.15. The second-order valence-corrected chi connectivity index (χ2v) is 6.17. The zero-order valence-electron chi connectivity index (χ0n) is 11.6. The molecule has 0 radical (unpaired) electrons. The Morgan fingerprint density at radius 3 is 2.60 bits per heavy atom. The maximum absolute atomic E-state index is 10.5. The van der Waals surface area contributed by atoms with Gasteiger partial charge in [0.25, 0.3) is 0 Å². The highest BCUT2D eigenvalue weighted by Crippen LogP contribution is 2.41. The molecule has 0 aromatic rings. The minimum atomic E-state index is -0.996. The minimum absolute atomic E-state index is 0.00158. The van der Waals surface area contributed by atoms with Gasteiger partial charge >= 0.3 is 0 Å². The van der Waals surface area contributed by atoms with Gasteiger partial charge in [0.2, 0.25) is 5.79 Å². The Morgan fingerprint density at radius 2 is 1.70 bits per heavy atom. The fourth-order valence-electron chi connectivity index (χ4n) is 3.71. The topological polar surface area (TPSA) is 57.2 Å². The molecule has 4 aliphatic heterocycles. The third kappa shape index (κ3) is 2.12. The number of hydrogen-bond acceptors (Lipinski definition) is 5. The van der Waals surface area contributed by atoms with Gasteiger partial charge in [-0.3, -0.25) is 0 Å². The SMILES string of the molecule is O[C@H]1C[C@H]2OCCC[C@@H]2O[C@@]12C=C[C@@H]1OCCC[C@H]1O2. The average molecular weight is 282 g/mol. The molecule has 4 aliphatic rings. The number of rotatable bonds is 0. The second kappa shape index (κ2) is 5.07. The Balaban J connectivity index is 1.56. The molecular weight excluding hydrogens is 260 g/mol. The Labute approximate surface area is 118 Å². The predicted molar refractivity (Wildman–Crippen MR) is 70.2 cm³/mol. The van der Waals surface area contributed by atoms with Gasteiger partial charge in [-0.15, -0.1) is 0 Å². The van der Waals surface area contributed by atoms with Crippen LogP contribution >= 0.6 is 0 Å². The lowest BCUT2D eigenvalue weighted by atomic mass is 9.89. The summed E-state index contributed by atoms with van der Waals surface area (Å²) in [6, 6.07) is 0. The molecule has 0 aliphatic carbocycles. The van der Waals surface area contributed by atoms with Crippen molar-refractivity contribution in [3.63, 3.8) is 0 Å². The number of aliphatic hydroxyl groups excluding tert-OH is 1. The van der Waals surface area contributed by atoms with E-state index in [0.717, 1.165) is 38.9 Å². The lowest BCUT2D eigenvalue weighted by Gasteiger charge is -2.51. The summed E-state index contributed by atoms with van der Waals surface area (Å²) in [5.41, 5.74) is 0. The quantitative estimate of drug-likeness (QED) is 0.675. The molecule has 0 unspecified atom stereocenters. The van der Waals surface area contributed by atoms with Crippen molar-refractivity contribution in [1.82, 2.24) is 0 Å². The fourth-order valence-corrected chi connectivity index (χ4v) is 3.71. The first kappa shape index (κ1) is 13.2. The number of aliphatic hydroxyl groups is 1. The molecule has 3 fully saturated rings.